The van der Waals surface area contributed by atoms with E-state index in [-0.39, 0.29) is 6.61 Å². The number of alkyl halides is 4. The van der Waals surface area contributed by atoms with Crippen molar-refractivity contribution in [2.75, 3.05) is 0 Å². The van der Waals surface area contributed by atoms with Crippen molar-refractivity contribution in [3.63, 3.8) is 0 Å². The maximum Gasteiger partial charge on any atom is 0.423 e. The zero-order valence-corrected chi connectivity index (χ0v) is 9.12. The highest BCUT2D eigenvalue weighted by Gasteiger charge is 2.38. The summed E-state index contributed by atoms with van der Waals surface area (Å²) in [4.78, 5) is 3.84. The molecule has 0 aliphatic rings. The summed E-state index contributed by atoms with van der Waals surface area (Å²) >= 11 is 1.20. The number of aromatic nitrogens is 1. The summed E-state index contributed by atoms with van der Waals surface area (Å²) in [7, 11) is 0. The van der Waals surface area contributed by atoms with E-state index in [9.17, 15) is 13.2 Å². The van der Waals surface area contributed by atoms with Crippen molar-refractivity contribution >= 4 is 22.6 Å². The van der Waals surface area contributed by atoms with Crippen molar-refractivity contribution in [1.29, 1.82) is 0 Å². The lowest BCUT2D eigenvalue weighted by Gasteiger charge is -2.14. The van der Waals surface area contributed by atoms with Gasteiger partial charge in [-0.05, 0) is 34.7 Å². The Balaban J connectivity index is 2.42. The predicted molar refractivity (Wildman–Crippen MR) is 52.9 cm³/mol. The molecule has 6 heteroatoms. The first-order valence-electron chi connectivity index (χ1n) is 3.72. The lowest BCUT2D eigenvalue weighted by Crippen LogP contribution is -2.25. The van der Waals surface area contributed by atoms with Crippen molar-refractivity contribution < 1.29 is 17.9 Å². The third kappa shape index (κ3) is 3.79. The fourth-order valence-corrected chi connectivity index (χ4v) is 0.916. The Labute approximate surface area is 92.6 Å². The highest BCUT2D eigenvalue weighted by Crippen LogP contribution is 2.28. The number of hydrogen-bond acceptors (Lipinski definition) is 2. The zero-order valence-electron chi connectivity index (χ0n) is 6.96. The number of nitrogens with zero attached hydrogens (tertiary/aromatic N) is 1. The third-order valence-electron chi connectivity index (χ3n) is 1.36. The number of ether oxygens (including phenoxy) is 1. The van der Waals surface area contributed by atoms with Gasteiger partial charge in [-0.15, -0.1) is 0 Å². The van der Waals surface area contributed by atoms with Crippen LogP contribution in [0.15, 0.2) is 24.4 Å². The molecule has 0 aromatic carbocycles. The smallest absolute Gasteiger partial charge is 0.352 e. The highest BCUT2D eigenvalue weighted by atomic mass is 127. The van der Waals surface area contributed by atoms with E-state index in [1.807, 2.05) is 0 Å². The second kappa shape index (κ2) is 4.92. The molecule has 0 saturated heterocycles. The summed E-state index contributed by atoms with van der Waals surface area (Å²) in [6.45, 7) is -0.131. The van der Waals surface area contributed by atoms with Crippen LogP contribution in [-0.2, 0) is 11.3 Å². The monoisotopic (exact) mass is 317 g/mol. The molecule has 14 heavy (non-hydrogen) atoms. The minimum atomic E-state index is -4.32. The van der Waals surface area contributed by atoms with E-state index in [1.54, 1.807) is 18.2 Å². The molecular weight excluding hydrogens is 310 g/mol. The molecule has 0 aliphatic heterocycles. The van der Waals surface area contributed by atoms with Crippen molar-refractivity contribution in [3.05, 3.63) is 30.1 Å². The molecule has 1 rings (SSSR count). The van der Waals surface area contributed by atoms with Crippen molar-refractivity contribution in [1.82, 2.24) is 4.98 Å². The minimum absolute atomic E-state index is 0.131. The van der Waals surface area contributed by atoms with Gasteiger partial charge in [-0.2, -0.15) is 13.2 Å². The van der Waals surface area contributed by atoms with Gasteiger partial charge in [0, 0.05) is 6.20 Å². The largest absolute Gasteiger partial charge is 0.423 e. The summed E-state index contributed by atoms with van der Waals surface area (Å²) in [6, 6.07) is 5.00. The van der Waals surface area contributed by atoms with Crippen LogP contribution in [-0.4, -0.2) is 15.3 Å². The van der Waals surface area contributed by atoms with Gasteiger partial charge in [0.05, 0.1) is 12.3 Å². The Kier molecular flexibility index (Phi) is 4.11. The van der Waals surface area contributed by atoms with Gasteiger partial charge in [0.2, 0.25) is 4.11 Å². The molecule has 0 bridgehead atoms. The van der Waals surface area contributed by atoms with Crippen LogP contribution in [0.5, 0.6) is 0 Å². The molecule has 1 atom stereocenters. The van der Waals surface area contributed by atoms with Gasteiger partial charge in [0.25, 0.3) is 0 Å². The topological polar surface area (TPSA) is 22.1 Å². The van der Waals surface area contributed by atoms with E-state index in [1.165, 1.54) is 28.8 Å². The predicted octanol–water partition coefficient (Wildman–Crippen LogP) is 2.92. The maximum absolute atomic E-state index is 12.0. The standard InChI is InChI=1S/C8H7F3INO/c9-8(10,11)7(12)14-5-6-3-1-2-4-13-6/h1-4,7H,5H2. The van der Waals surface area contributed by atoms with Gasteiger partial charge >= 0.3 is 6.18 Å². The maximum atomic E-state index is 12.0. The molecule has 0 fully saturated rings. The van der Waals surface area contributed by atoms with Gasteiger partial charge in [0.1, 0.15) is 0 Å². The first kappa shape index (κ1) is 11.7. The highest BCUT2D eigenvalue weighted by molar-refractivity contribution is 14.1. The average molecular weight is 317 g/mol. The Morgan fingerprint density at radius 3 is 2.64 bits per heavy atom. The molecule has 1 aromatic heterocycles. The van der Waals surface area contributed by atoms with Gasteiger partial charge in [-0.25, -0.2) is 0 Å². The number of pyridine rings is 1. The quantitative estimate of drug-likeness (QED) is 0.632. The van der Waals surface area contributed by atoms with E-state index in [0.29, 0.717) is 5.69 Å². The fourth-order valence-electron chi connectivity index (χ4n) is 0.737. The number of hydrogen-bond donors (Lipinski definition) is 0. The Bertz CT molecular complexity index is 278. The van der Waals surface area contributed by atoms with E-state index in [0.717, 1.165) is 0 Å². The number of rotatable bonds is 3. The van der Waals surface area contributed by atoms with Crippen LogP contribution in [0.25, 0.3) is 0 Å². The van der Waals surface area contributed by atoms with Crippen LogP contribution in [0.4, 0.5) is 13.2 Å². The van der Waals surface area contributed by atoms with Crippen LogP contribution < -0.4 is 0 Å². The van der Waals surface area contributed by atoms with E-state index >= 15 is 0 Å². The third-order valence-corrected chi connectivity index (χ3v) is 2.43. The van der Waals surface area contributed by atoms with Gasteiger partial charge in [-0.1, -0.05) is 6.07 Å². The zero-order chi connectivity index (χ0) is 10.6. The molecule has 1 heterocycles. The van der Waals surface area contributed by atoms with Crippen molar-refractivity contribution in [3.8, 4) is 0 Å². The van der Waals surface area contributed by atoms with E-state index < -0.39 is 10.3 Å². The van der Waals surface area contributed by atoms with Gasteiger partial charge in [0.15, 0.2) is 0 Å². The average Bonchev–Trinajstić information content (AvgIpc) is 2.14. The van der Waals surface area contributed by atoms with Gasteiger partial charge < -0.3 is 4.74 Å². The van der Waals surface area contributed by atoms with Crippen molar-refractivity contribution in [2.45, 2.75) is 16.9 Å². The lowest BCUT2D eigenvalue weighted by atomic mass is 10.4. The van der Waals surface area contributed by atoms with Crippen LogP contribution in [0.2, 0.25) is 0 Å². The molecule has 0 saturated carbocycles. The summed E-state index contributed by atoms with van der Waals surface area (Å²) in [5.74, 6) is 0. The molecule has 0 aliphatic carbocycles. The van der Waals surface area contributed by atoms with E-state index in [2.05, 4.69) is 9.72 Å². The molecule has 0 amide bonds. The Morgan fingerprint density at radius 1 is 1.43 bits per heavy atom. The summed E-state index contributed by atoms with van der Waals surface area (Å²) in [5.41, 5.74) is 0.485. The van der Waals surface area contributed by atoms with Crippen LogP contribution in [0.1, 0.15) is 5.69 Å². The molecule has 2 nitrogen and oxygen atoms in total. The number of halogens is 4. The second-order valence-electron chi connectivity index (χ2n) is 2.49. The van der Waals surface area contributed by atoms with Gasteiger partial charge in [-0.3, -0.25) is 4.98 Å². The summed E-state index contributed by atoms with van der Waals surface area (Å²) in [6.07, 6.45) is -2.82. The molecule has 0 radical (unpaired) electrons. The molecule has 1 aromatic rings. The van der Waals surface area contributed by atoms with Crippen LogP contribution in [0, 0.1) is 0 Å². The second-order valence-corrected chi connectivity index (χ2v) is 3.62. The first-order valence-corrected chi connectivity index (χ1v) is 4.97. The molecule has 1 unspecified atom stereocenters. The molecule has 78 valence electrons. The lowest BCUT2D eigenvalue weighted by molar-refractivity contribution is -0.185. The van der Waals surface area contributed by atoms with E-state index in [4.69, 9.17) is 0 Å². The SMILES string of the molecule is FC(F)(F)C(I)OCc1ccccn1. The van der Waals surface area contributed by atoms with Crippen LogP contribution in [0.3, 0.4) is 0 Å². The molecule has 0 spiro atoms. The Morgan fingerprint density at radius 2 is 2.14 bits per heavy atom. The van der Waals surface area contributed by atoms with Crippen LogP contribution >= 0.6 is 22.6 Å². The fraction of sp³-hybridized carbons (Fsp3) is 0.375. The minimum Gasteiger partial charge on any atom is -0.352 e. The first-order chi connectivity index (χ1) is 6.50. The normalized spacial score (nSPS) is 14.0. The molecule has 0 N–H and O–H groups in total. The summed E-state index contributed by atoms with van der Waals surface area (Å²) in [5, 5.41) is 0. The summed E-state index contributed by atoms with van der Waals surface area (Å²) < 4.78 is 38.8. The Hall–Kier alpha value is -0.370. The van der Waals surface area contributed by atoms with Crippen molar-refractivity contribution in [2.24, 2.45) is 0 Å². The molecular formula is C8H7F3INO.